The van der Waals surface area contributed by atoms with E-state index < -0.39 is 0 Å². The van der Waals surface area contributed by atoms with Gasteiger partial charge >= 0.3 is 0 Å². The van der Waals surface area contributed by atoms with Crippen LogP contribution in [0, 0.1) is 0 Å². The van der Waals surface area contributed by atoms with Crippen molar-refractivity contribution in [1.82, 2.24) is 4.98 Å². The average Bonchev–Trinajstić information content (AvgIpc) is 2.74. The minimum atomic E-state index is -0.149. The Morgan fingerprint density at radius 1 is 1.50 bits per heavy atom. The highest BCUT2D eigenvalue weighted by atomic mass is 35.5. The van der Waals surface area contributed by atoms with Crippen molar-refractivity contribution in [3.05, 3.63) is 34.3 Å². The van der Waals surface area contributed by atoms with Gasteiger partial charge in [-0.05, 0) is 18.2 Å². The van der Waals surface area contributed by atoms with Crippen molar-refractivity contribution in [2.45, 2.75) is 6.42 Å². The van der Waals surface area contributed by atoms with Gasteiger partial charge in [0.25, 0.3) is 0 Å². The molecule has 106 valence electrons. The number of aromatic nitrogens is 1. The molecule has 1 aromatic heterocycles. The van der Waals surface area contributed by atoms with Gasteiger partial charge in [0.05, 0.1) is 22.8 Å². The van der Waals surface area contributed by atoms with Crippen LogP contribution in [0.25, 0.3) is 0 Å². The maximum Gasteiger partial charge on any atom is 0.230 e. The van der Waals surface area contributed by atoms with Crippen LogP contribution < -0.4 is 16.0 Å². The van der Waals surface area contributed by atoms with E-state index in [4.69, 9.17) is 17.3 Å². The first-order chi connectivity index (χ1) is 9.45. The van der Waals surface area contributed by atoms with Gasteiger partial charge in [0, 0.05) is 25.2 Å². The van der Waals surface area contributed by atoms with Crippen molar-refractivity contribution in [3.8, 4) is 0 Å². The molecule has 2 rings (SSSR count). The van der Waals surface area contributed by atoms with E-state index in [1.165, 1.54) is 11.3 Å². The smallest absolute Gasteiger partial charge is 0.230 e. The van der Waals surface area contributed by atoms with E-state index in [2.05, 4.69) is 10.3 Å². The number of nitrogens with zero attached hydrogens (tertiary/aromatic N) is 2. The van der Waals surface area contributed by atoms with E-state index in [1.807, 2.05) is 31.1 Å². The predicted octanol–water partition coefficient (Wildman–Crippen LogP) is 2.63. The lowest BCUT2D eigenvalue weighted by Crippen LogP contribution is -2.15. The quantitative estimate of drug-likeness (QED) is 0.910. The second-order valence-electron chi connectivity index (χ2n) is 4.46. The van der Waals surface area contributed by atoms with Crippen molar-refractivity contribution in [1.29, 1.82) is 0 Å². The van der Waals surface area contributed by atoms with Crippen LogP contribution >= 0.6 is 22.9 Å². The number of nitrogens with two attached hydrogens (primary N) is 1. The summed E-state index contributed by atoms with van der Waals surface area (Å²) in [7, 11) is 3.82. The van der Waals surface area contributed by atoms with Crippen molar-refractivity contribution < 1.29 is 4.79 Å². The van der Waals surface area contributed by atoms with Crippen LogP contribution in [0.5, 0.6) is 0 Å². The highest BCUT2D eigenvalue weighted by Gasteiger charge is 2.09. The lowest BCUT2D eigenvalue weighted by Gasteiger charge is -2.15. The maximum absolute atomic E-state index is 11.9. The lowest BCUT2D eigenvalue weighted by atomic mass is 10.2. The van der Waals surface area contributed by atoms with Crippen LogP contribution in [0.4, 0.5) is 16.5 Å². The highest BCUT2D eigenvalue weighted by Crippen LogP contribution is 2.27. The lowest BCUT2D eigenvalue weighted by molar-refractivity contribution is -0.115. The Bertz CT molecular complexity index is 627. The van der Waals surface area contributed by atoms with Crippen molar-refractivity contribution in [2.24, 2.45) is 0 Å². The number of nitrogen functional groups attached to an aromatic ring is 1. The number of thiazole rings is 1. The summed E-state index contributed by atoms with van der Waals surface area (Å²) in [6.07, 6.45) is 0.195. The van der Waals surface area contributed by atoms with E-state index in [1.54, 1.807) is 11.4 Å². The third-order valence-electron chi connectivity index (χ3n) is 2.62. The first kappa shape index (κ1) is 14.6. The van der Waals surface area contributed by atoms with Crippen LogP contribution in [0.2, 0.25) is 5.02 Å². The zero-order valence-electron chi connectivity index (χ0n) is 11.2. The third-order valence-corrected chi connectivity index (χ3v) is 3.65. The van der Waals surface area contributed by atoms with Gasteiger partial charge in [-0.3, -0.25) is 4.79 Å². The zero-order valence-corrected chi connectivity index (χ0v) is 12.8. The van der Waals surface area contributed by atoms with Gasteiger partial charge in [-0.2, -0.15) is 0 Å². The van der Waals surface area contributed by atoms with Crippen molar-refractivity contribution in [3.63, 3.8) is 0 Å². The highest BCUT2D eigenvalue weighted by molar-refractivity contribution is 7.13. The Labute approximate surface area is 126 Å². The van der Waals surface area contributed by atoms with E-state index in [9.17, 15) is 4.79 Å². The average molecular weight is 311 g/mol. The summed E-state index contributed by atoms with van der Waals surface area (Å²) >= 11 is 7.47. The maximum atomic E-state index is 11.9. The summed E-state index contributed by atoms with van der Waals surface area (Å²) < 4.78 is 0. The molecule has 0 bridgehead atoms. The van der Waals surface area contributed by atoms with Gasteiger partial charge in [-0.15, -0.1) is 11.3 Å². The molecule has 3 N–H and O–H groups in total. The molecule has 0 saturated carbocycles. The van der Waals surface area contributed by atoms with Crippen LogP contribution in [0.1, 0.15) is 5.69 Å². The number of amides is 1. The second kappa shape index (κ2) is 6.11. The molecule has 0 saturated heterocycles. The van der Waals surface area contributed by atoms with Gasteiger partial charge in [0.1, 0.15) is 0 Å². The SMILES string of the molecule is CN(C)c1ccc(NC(=O)Cc2csc(N)n2)cc1Cl. The van der Waals surface area contributed by atoms with Crippen LogP contribution in [0.3, 0.4) is 0 Å². The summed E-state index contributed by atoms with van der Waals surface area (Å²) in [6, 6.07) is 5.40. The number of benzene rings is 1. The molecule has 1 amide bonds. The largest absolute Gasteiger partial charge is 0.376 e. The molecular formula is C13H15ClN4OS. The van der Waals surface area contributed by atoms with E-state index in [-0.39, 0.29) is 12.3 Å². The molecule has 0 aliphatic heterocycles. The normalized spacial score (nSPS) is 10.3. The Hall–Kier alpha value is -1.79. The van der Waals surface area contributed by atoms with Crippen LogP contribution in [0.15, 0.2) is 23.6 Å². The van der Waals surface area contributed by atoms with Gasteiger partial charge in [-0.25, -0.2) is 4.98 Å². The third kappa shape index (κ3) is 3.61. The summed E-state index contributed by atoms with van der Waals surface area (Å²) in [5, 5.41) is 5.62. The van der Waals surface area contributed by atoms with Crippen molar-refractivity contribution in [2.75, 3.05) is 30.0 Å². The number of halogens is 1. The summed E-state index contributed by atoms with van der Waals surface area (Å²) in [5.74, 6) is -0.149. The fourth-order valence-corrected chi connectivity index (χ4v) is 2.63. The van der Waals surface area contributed by atoms with Crippen LogP contribution in [-0.4, -0.2) is 25.0 Å². The van der Waals surface area contributed by atoms with Gasteiger partial charge in [-0.1, -0.05) is 11.6 Å². The molecular weight excluding hydrogens is 296 g/mol. The summed E-state index contributed by atoms with van der Waals surface area (Å²) in [6.45, 7) is 0. The topological polar surface area (TPSA) is 71.2 Å². The number of carbonyl (C=O) groups excluding carboxylic acids is 1. The summed E-state index contributed by atoms with van der Waals surface area (Å²) in [5.41, 5.74) is 7.75. The minimum absolute atomic E-state index is 0.149. The minimum Gasteiger partial charge on any atom is -0.376 e. The van der Waals surface area contributed by atoms with E-state index >= 15 is 0 Å². The van der Waals surface area contributed by atoms with Gasteiger partial charge < -0.3 is 16.0 Å². The van der Waals surface area contributed by atoms with Crippen molar-refractivity contribution >= 4 is 45.4 Å². The van der Waals surface area contributed by atoms with E-state index in [0.29, 0.717) is 21.5 Å². The van der Waals surface area contributed by atoms with E-state index in [0.717, 1.165) is 5.69 Å². The first-order valence-electron chi connectivity index (χ1n) is 5.92. The Kier molecular flexibility index (Phi) is 4.46. The van der Waals surface area contributed by atoms with Gasteiger partial charge in [0.2, 0.25) is 5.91 Å². The number of hydrogen-bond acceptors (Lipinski definition) is 5. The Balaban J connectivity index is 2.03. The molecule has 0 radical (unpaired) electrons. The predicted molar refractivity (Wildman–Crippen MR) is 84.6 cm³/mol. The Morgan fingerprint density at radius 2 is 2.25 bits per heavy atom. The molecule has 0 fully saturated rings. The number of carbonyl (C=O) groups is 1. The molecule has 0 aliphatic carbocycles. The number of nitrogens with one attached hydrogen (secondary N) is 1. The fraction of sp³-hybridized carbons (Fsp3) is 0.231. The van der Waals surface area contributed by atoms with Crippen LogP contribution in [-0.2, 0) is 11.2 Å². The number of anilines is 3. The fourth-order valence-electron chi connectivity index (χ4n) is 1.72. The molecule has 2 aromatic rings. The monoisotopic (exact) mass is 310 g/mol. The molecule has 20 heavy (non-hydrogen) atoms. The standard InChI is InChI=1S/C13H15ClN4OS/c1-18(2)11-4-3-8(5-10(11)14)16-12(19)6-9-7-20-13(15)17-9/h3-5,7H,6H2,1-2H3,(H2,15,17)(H,16,19). The molecule has 5 nitrogen and oxygen atoms in total. The molecule has 0 atom stereocenters. The number of rotatable bonds is 4. The molecule has 1 aromatic carbocycles. The molecule has 7 heteroatoms. The summed E-state index contributed by atoms with van der Waals surface area (Å²) in [4.78, 5) is 17.8. The molecule has 0 aliphatic rings. The molecule has 0 unspecified atom stereocenters. The zero-order chi connectivity index (χ0) is 14.7. The molecule has 0 spiro atoms. The second-order valence-corrected chi connectivity index (χ2v) is 5.76. The number of hydrogen-bond donors (Lipinski definition) is 2. The Morgan fingerprint density at radius 3 is 2.80 bits per heavy atom. The first-order valence-corrected chi connectivity index (χ1v) is 7.18. The molecule has 1 heterocycles. The van der Waals surface area contributed by atoms with Gasteiger partial charge in [0.15, 0.2) is 5.13 Å².